The third-order valence-electron chi connectivity index (χ3n) is 1.59. The van der Waals surface area contributed by atoms with Gasteiger partial charge in [-0.3, -0.25) is 9.59 Å². The predicted molar refractivity (Wildman–Crippen MR) is 62.3 cm³/mol. The number of hydrogen-bond donors (Lipinski definition) is 0. The summed E-state index contributed by atoms with van der Waals surface area (Å²) in [4.78, 5) is 21.8. The summed E-state index contributed by atoms with van der Waals surface area (Å²) >= 11 is 5.30. The standard InChI is InChI=1S/C9H6BrIO2/c1-5(13)7-2-6(10)3-9(11)8(7)4-12/h2-4H,1H3. The van der Waals surface area contributed by atoms with E-state index in [2.05, 4.69) is 15.9 Å². The van der Waals surface area contributed by atoms with Gasteiger partial charge in [0.25, 0.3) is 0 Å². The Balaban J connectivity index is 3.46. The van der Waals surface area contributed by atoms with Crippen molar-refractivity contribution in [2.75, 3.05) is 0 Å². The first-order valence-corrected chi connectivity index (χ1v) is 5.38. The topological polar surface area (TPSA) is 34.1 Å². The largest absolute Gasteiger partial charge is 0.298 e. The van der Waals surface area contributed by atoms with Crippen LogP contribution in [0, 0.1) is 3.57 Å². The van der Waals surface area contributed by atoms with E-state index in [9.17, 15) is 9.59 Å². The van der Waals surface area contributed by atoms with Crippen molar-refractivity contribution in [2.45, 2.75) is 6.92 Å². The first kappa shape index (κ1) is 10.8. The molecule has 13 heavy (non-hydrogen) atoms. The Hall–Kier alpha value is -0.230. The maximum atomic E-state index is 11.1. The average molecular weight is 353 g/mol. The molecule has 1 aromatic rings. The molecule has 0 N–H and O–H groups in total. The molecule has 0 saturated carbocycles. The number of ketones is 1. The van der Waals surface area contributed by atoms with Crippen molar-refractivity contribution >= 4 is 50.6 Å². The molecule has 68 valence electrons. The highest BCUT2D eigenvalue weighted by atomic mass is 127. The Morgan fingerprint density at radius 1 is 1.54 bits per heavy atom. The molecule has 0 saturated heterocycles. The van der Waals surface area contributed by atoms with Crippen molar-refractivity contribution in [3.8, 4) is 0 Å². The van der Waals surface area contributed by atoms with Gasteiger partial charge < -0.3 is 0 Å². The highest BCUT2D eigenvalue weighted by Crippen LogP contribution is 2.22. The van der Waals surface area contributed by atoms with Crippen LogP contribution in [0.2, 0.25) is 0 Å². The van der Waals surface area contributed by atoms with Crippen LogP contribution in [0.5, 0.6) is 0 Å². The first-order chi connectivity index (χ1) is 6.06. The number of rotatable bonds is 2. The highest BCUT2D eigenvalue weighted by Gasteiger charge is 2.10. The summed E-state index contributed by atoms with van der Waals surface area (Å²) < 4.78 is 1.60. The molecule has 0 radical (unpaired) electrons. The van der Waals surface area contributed by atoms with Crippen molar-refractivity contribution in [2.24, 2.45) is 0 Å². The van der Waals surface area contributed by atoms with Crippen LogP contribution < -0.4 is 0 Å². The molecule has 0 unspecified atom stereocenters. The molecule has 0 spiro atoms. The van der Waals surface area contributed by atoms with Crippen LogP contribution in [0.15, 0.2) is 16.6 Å². The summed E-state index contributed by atoms with van der Waals surface area (Å²) in [5.74, 6) is -0.0960. The molecule has 0 amide bonds. The lowest BCUT2D eigenvalue weighted by Crippen LogP contribution is -2.01. The van der Waals surface area contributed by atoms with Gasteiger partial charge in [-0.15, -0.1) is 0 Å². The van der Waals surface area contributed by atoms with E-state index in [0.717, 1.165) is 8.04 Å². The van der Waals surface area contributed by atoms with E-state index < -0.39 is 0 Å². The Kier molecular flexibility index (Phi) is 3.61. The van der Waals surface area contributed by atoms with Gasteiger partial charge in [-0.2, -0.15) is 0 Å². The van der Waals surface area contributed by atoms with Gasteiger partial charge in [-0.1, -0.05) is 15.9 Å². The smallest absolute Gasteiger partial charge is 0.160 e. The maximum Gasteiger partial charge on any atom is 0.160 e. The van der Waals surface area contributed by atoms with E-state index >= 15 is 0 Å². The molecule has 4 heteroatoms. The third-order valence-corrected chi connectivity index (χ3v) is 2.94. The van der Waals surface area contributed by atoms with Crippen LogP contribution in [0.25, 0.3) is 0 Å². The van der Waals surface area contributed by atoms with Crippen molar-refractivity contribution in [3.05, 3.63) is 31.3 Å². The van der Waals surface area contributed by atoms with E-state index in [1.54, 1.807) is 12.1 Å². The number of halogens is 2. The molecule has 0 atom stereocenters. The number of carbonyl (C=O) groups excluding carboxylic acids is 2. The summed E-state index contributed by atoms with van der Waals surface area (Å²) in [6.07, 6.45) is 0.713. The second-order valence-electron chi connectivity index (χ2n) is 2.52. The van der Waals surface area contributed by atoms with Gasteiger partial charge in [-0.25, -0.2) is 0 Å². The second kappa shape index (κ2) is 4.32. The molecule has 0 aliphatic rings. The molecule has 0 fully saturated rings. The first-order valence-electron chi connectivity index (χ1n) is 3.51. The van der Waals surface area contributed by atoms with E-state index in [1.807, 2.05) is 22.6 Å². The predicted octanol–water partition coefficient (Wildman–Crippen LogP) is 3.07. The molecule has 1 rings (SSSR count). The van der Waals surface area contributed by atoms with Crippen LogP contribution in [-0.2, 0) is 0 Å². The molecule has 0 bridgehead atoms. The molecular weight excluding hydrogens is 347 g/mol. The number of carbonyl (C=O) groups is 2. The summed E-state index contributed by atoms with van der Waals surface area (Å²) in [5.41, 5.74) is 0.935. The zero-order chi connectivity index (χ0) is 10.0. The second-order valence-corrected chi connectivity index (χ2v) is 4.60. The van der Waals surface area contributed by atoms with Gasteiger partial charge in [0.2, 0.25) is 0 Å². The number of Topliss-reactive ketones (excluding diaryl/α,β-unsaturated/α-hetero) is 1. The van der Waals surface area contributed by atoms with Crippen LogP contribution in [0.3, 0.4) is 0 Å². The van der Waals surface area contributed by atoms with Crippen molar-refractivity contribution in [3.63, 3.8) is 0 Å². The SMILES string of the molecule is CC(=O)c1cc(Br)cc(I)c1C=O. The average Bonchev–Trinajstić information content (AvgIpc) is 2.02. The molecule has 0 aliphatic carbocycles. The molecule has 0 aliphatic heterocycles. The van der Waals surface area contributed by atoms with Gasteiger partial charge in [0.15, 0.2) is 12.1 Å². The van der Waals surface area contributed by atoms with Gasteiger partial charge in [-0.05, 0) is 41.6 Å². The summed E-state index contributed by atoms with van der Waals surface area (Å²) in [5, 5.41) is 0. The van der Waals surface area contributed by atoms with Gasteiger partial charge in [0.05, 0.1) is 0 Å². The Labute approximate surface area is 98.0 Å². The summed E-state index contributed by atoms with van der Waals surface area (Å²) in [6.45, 7) is 1.45. The lowest BCUT2D eigenvalue weighted by molar-refractivity contribution is 0.100. The van der Waals surface area contributed by atoms with Crippen LogP contribution in [0.4, 0.5) is 0 Å². The Morgan fingerprint density at radius 3 is 2.62 bits per heavy atom. The molecular formula is C9H6BrIO2. The van der Waals surface area contributed by atoms with Crippen LogP contribution >= 0.6 is 38.5 Å². The fourth-order valence-electron chi connectivity index (χ4n) is 0.996. The Bertz CT molecular complexity index is 374. The highest BCUT2D eigenvalue weighted by molar-refractivity contribution is 14.1. The van der Waals surface area contributed by atoms with Crippen molar-refractivity contribution in [1.82, 2.24) is 0 Å². The monoisotopic (exact) mass is 352 g/mol. The summed E-state index contributed by atoms with van der Waals surface area (Å²) in [6, 6.07) is 3.46. The van der Waals surface area contributed by atoms with Crippen LogP contribution in [-0.4, -0.2) is 12.1 Å². The van der Waals surface area contributed by atoms with Gasteiger partial charge >= 0.3 is 0 Å². The molecule has 0 heterocycles. The number of aldehydes is 1. The number of hydrogen-bond acceptors (Lipinski definition) is 2. The van der Waals surface area contributed by atoms with Crippen molar-refractivity contribution < 1.29 is 9.59 Å². The van der Waals surface area contributed by atoms with Gasteiger partial charge in [0, 0.05) is 19.2 Å². The lowest BCUT2D eigenvalue weighted by Gasteiger charge is -2.03. The van der Waals surface area contributed by atoms with E-state index in [0.29, 0.717) is 17.4 Å². The fraction of sp³-hybridized carbons (Fsp3) is 0.111. The van der Waals surface area contributed by atoms with Crippen LogP contribution in [0.1, 0.15) is 27.6 Å². The molecule has 0 aromatic heterocycles. The zero-order valence-electron chi connectivity index (χ0n) is 6.80. The minimum absolute atomic E-state index is 0.0960. The zero-order valence-corrected chi connectivity index (χ0v) is 10.5. The molecule has 1 aromatic carbocycles. The van der Waals surface area contributed by atoms with Crippen molar-refractivity contribution in [1.29, 1.82) is 0 Å². The Morgan fingerprint density at radius 2 is 2.15 bits per heavy atom. The minimum atomic E-state index is -0.0960. The van der Waals surface area contributed by atoms with Gasteiger partial charge in [0.1, 0.15) is 0 Å². The summed E-state index contributed by atoms with van der Waals surface area (Å²) in [7, 11) is 0. The maximum absolute atomic E-state index is 11.1. The number of benzene rings is 1. The quantitative estimate of drug-likeness (QED) is 0.465. The van der Waals surface area contributed by atoms with E-state index in [1.165, 1.54) is 6.92 Å². The van der Waals surface area contributed by atoms with E-state index in [4.69, 9.17) is 0 Å². The minimum Gasteiger partial charge on any atom is -0.298 e. The fourth-order valence-corrected chi connectivity index (χ4v) is 2.63. The lowest BCUT2D eigenvalue weighted by atomic mass is 10.1. The molecule has 2 nitrogen and oxygen atoms in total. The van der Waals surface area contributed by atoms with E-state index in [-0.39, 0.29) is 5.78 Å². The normalized spacial score (nSPS) is 9.77. The third kappa shape index (κ3) is 2.37.